The Balaban J connectivity index is 1.74. The van der Waals surface area contributed by atoms with E-state index in [-0.39, 0.29) is 31.6 Å². The van der Waals surface area contributed by atoms with Gasteiger partial charge in [-0.3, -0.25) is 18.9 Å². The summed E-state index contributed by atoms with van der Waals surface area (Å²) >= 11 is 0. The lowest BCUT2D eigenvalue weighted by Gasteiger charge is -2.21. The second-order valence-electron chi connectivity index (χ2n) is 6.51. The van der Waals surface area contributed by atoms with Gasteiger partial charge in [0.1, 0.15) is 6.23 Å². The summed E-state index contributed by atoms with van der Waals surface area (Å²) in [6.07, 6.45) is 0.0884. The fourth-order valence-electron chi connectivity index (χ4n) is 3.03. The van der Waals surface area contributed by atoms with Crippen LogP contribution in [0.2, 0.25) is 0 Å². The van der Waals surface area contributed by atoms with Gasteiger partial charge in [-0.25, -0.2) is 9.48 Å². The van der Waals surface area contributed by atoms with Gasteiger partial charge in [-0.1, -0.05) is 11.3 Å². The van der Waals surface area contributed by atoms with Crippen LogP contribution in [-0.2, 0) is 24.9 Å². The molecule has 0 radical (unpaired) electrons. The molecule has 3 atom stereocenters. The fraction of sp³-hybridized carbons (Fsp3) is 0.625. The van der Waals surface area contributed by atoms with Gasteiger partial charge in [-0.2, -0.15) is 0 Å². The minimum atomic E-state index is -3.58. The van der Waals surface area contributed by atoms with Gasteiger partial charge in [0.2, 0.25) is 0 Å². The van der Waals surface area contributed by atoms with Crippen LogP contribution in [0.4, 0.5) is 0 Å². The molecule has 0 bridgehead atoms. The Hall–Kier alpha value is -2.11. The lowest BCUT2D eigenvalue weighted by atomic mass is 10.2. The summed E-state index contributed by atoms with van der Waals surface area (Å²) in [5.74, 6) is 0. The number of aromatic nitrogens is 5. The zero-order valence-corrected chi connectivity index (χ0v) is 17.2. The highest BCUT2D eigenvalue weighted by molar-refractivity contribution is 7.61. The molecule has 0 amide bonds. The predicted octanol–water partition coefficient (Wildman–Crippen LogP) is -0.955. The summed E-state index contributed by atoms with van der Waals surface area (Å²) in [4.78, 5) is 25.7. The number of H-pyrrole nitrogens is 1. The molecule has 1 N–H and O–H groups in total. The van der Waals surface area contributed by atoms with Crippen molar-refractivity contribution < 1.29 is 23.5 Å². The summed E-state index contributed by atoms with van der Waals surface area (Å²) in [5, 5.41) is 20.2. The van der Waals surface area contributed by atoms with E-state index in [1.54, 1.807) is 20.8 Å². The smallest absolute Gasteiger partial charge is 0.383 e. The average molecular weight is 428 g/mol. The maximum atomic E-state index is 12.7. The van der Waals surface area contributed by atoms with Crippen molar-refractivity contribution in [1.82, 2.24) is 24.5 Å². The number of ether oxygens (including phenoxy) is 1. The van der Waals surface area contributed by atoms with E-state index in [4.69, 9.17) is 13.8 Å². The minimum absolute atomic E-state index is 0.0469. The first kappa shape index (κ1) is 21.6. The Labute approximate surface area is 165 Å². The molecular formula is C16H23N5O7P-. The highest BCUT2D eigenvalue weighted by Crippen LogP contribution is 2.45. The summed E-state index contributed by atoms with van der Waals surface area (Å²) in [7, 11) is -3.58. The first-order chi connectivity index (χ1) is 13.8. The largest absolute Gasteiger partial charge is 0.850 e. The number of hydrogen-bond acceptors (Lipinski definition) is 9. The Morgan fingerprint density at radius 2 is 2.00 bits per heavy atom. The van der Waals surface area contributed by atoms with Gasteiger partial charge in [0, 0.05) is 11.8 Å². The van der Waals surface area contributed by atoms with Crippen molar-refractivity contribution in [1.29, 1.82) is 0 Å². The van der Waals surface area contributed by atoms with Crippen LogP contribution in [0.5, 0.6) is 0 Å². The van der Waals surface area contributed by atoms with E-state index in [9.17, 15) is 19.3 Å². The molecule has 1 aliphatic heterocycles. The van der Waals surface area contributed by atoms with Crippen molar-refractivity contribution in [2.75, 3.05) is 13.2 Å². The second kappa shape index (κ2) is 8.72. The first-order valence-electron chi connectivity index (χ1n) is 9.20. The minimum Gasteiger partial charge on any atom is -0.850 e. The van der Waals surface area contributed by atoms with E-state index in [0.29, 0.717) is 5.56 Å². The Morgan fingerprint density at radius 1 is 1.31 bits per heavy atom. The molecule has 0 aliphatic carbocycles. The quantitative estimate of drug-likeness (QED) is 0.524. The molecule has 1 unspecified atom stereocenters. The van der Waals surface area contributed by atoms with Crippen LogP contribution in [0.1, 0.15) is 32.1 Å². The van der Waals surface area contributed by atoms with Gasteiger partial charge in [-0.05, 0) is 27.2 Å². The molecule has 2 aromatic rings. The lowest BCUT2D eigenvalue weighted by Crippen LogP contribution is -2.37. The van der Waals surface area contributed by atoms with Gasteiger partial charge in [-0.15, -0.1) is 5.10 Å². The summed E-state index contributed by atoms with van der Waals surface area (Å²) < 4.78 is 31.5. The van der Waals surface area contributed by atoms with Crippen molar-refractivity contribution >= 4 is 13.0 Å². The van der Waals surface area contributed by atoms with E-state index in [1.165, 1.54) is 21.6 Å². The number of rotatable bonds is 8. The normalized spacial score (nSPS) is 22.3. The molecule has 12 nitrogen and oxygen atoms in total. The SMILES string of the molecule is CCOP(=O)(OCC)c1cn(C[C@H]2O[C@@H](n3cc(C)c(=O)[nH]c3=O)CC2[O-])nn1. The Morgan fingerprint density at radius 3 is 2.66 bits per heavy atom. The van der Waals surface area contributed by atoms with Gasteiger partial charge < -0.3 is 18.9 Å². The highest BCUT2D eigenvalue weighted by Gasteiger charge is 2.33. The van der Waals surface area contributed by atoms with E-state index >= 15 is 0 Å². The monoisotopic (exact) mass is 428 g/mol. The lowest BCUT2D eigenvalue weighted by molar-refractivity contribution is -0.427. The molecule has 3 rings (SSSR count). The predicted molar refractivity (Wildman–Crippen MR) is 98.9 cm³/mol. The summed E-state index contributed by atoms with van der Waals surface area (Å²) in [5.41, 5.74) is -0.744. The van der Waals surface area contributed by atoms with Crippen LogP contribution in [0.25, 0.3) is 0 Å². The molecule has 1 aliphatic rings. The van der Waals surface area contributed by atoms with Crippen molar-refractivity contribution in [3.63, 3.8) is 0 Å². The van der Waals surface area contributed by atoms with Crippen molar-refractivity contribution in [3.8, 4) is 0 Å². The molecular weight excluding hydrogens is 405 g/mol. The van der Waals surface area contributed by atoms with Crippen molar-refractivity contribution in [2.24, 2.45) is 0 Å². The molecule has 13 heteroatoms. The highest BCUT2D eigenvalue weighted by atomic mass is 31.2. The maximum absolute atomic E-state index is 12.7. The summed E-state index contributed by atoms with van der Waals surface area (Å²) in [6.45, 7) is 5.33. The van der Waals surface area contributed by atoms with Crippen LogP contribution in [-0.4, -0.2) is 50.0 Å². The van der Waals surface area contributed by atoms with Crippen LogP contribution in [0.3, 0.4) is 0 Å². The molecule has 2 aromatic heterocycles. The Kier molecular flexibility index (Phi) is 6.49. The number of aromatic amines is 1. The first-order valence-corrected chi connectivity index (χ1v) is 10.7. The van der Waals surface area contributed by atoms with Gasteiger partial charge in [0.25, 0.3) is 5.56 Å². The van der Waals surface area contributed by atoms with E-state index in [2.05, 4.69) is 15.3 Å². The fourth-order valence-corrected chi connectivity index (χ4v) is 4.48. The molecule has 0 spiro atoms. The topological polar surface area (TPSA) is 153 Å². The van der Waals surface area contributed by atoms with Gasteiger partial charge >= 0.3 is 13.3 Å². The molecule has 0 aromatic carbocycles. The molecule has 1 saturated heterocycles. The zero-order valence-electron chi connectivity index (χ0n) is 16.3. The number of hydrogen-bond donors (Lipinski definition) is 1. The standard InChI is InChI=1S/C16H23N5O7P/c1-4-26-29(25,27-5-2)13-9-20(19-18-13)8-12-11(22)6-14(28-12)21-7-10(3)15(23)17-16(21)24/h7,9,11-12,14H,4-6,8H2,1-3H3,(H,17,23,24)/q-1/t11?,12-,14-/m1/s1. The third kappa shape index (κ3) is 4.57. The van der Waals surface area contributed by atoms with Gasteiger partial charge in [0.15, 0.2) is 5.44 Å². The van der Waals surface area contributed by atoms with Crippen LogP contribution >= 0.6 is 7.60 Å². The second-order valence-corrected chi connectivity index (χ2v) is 8.48. The van der Waals surface area contributed by atoms with E-state index < -0.39 is 37.3 Å². The summed E-state index contributed by atoms with van der Waals surface area (Å²) in [6, 6.07) is 0. The number of nitrogens with one attached hydrogen (secondary N) is 1. The Bertz CT molecular complexity index is 1010. The van der Waals surface area contributed by atoms with Crippen LogP contribution < -0.4 is 21.8 Å². The molecule has 0 saturated carbocycles. The van der Waals surface area contributed by atoms with Crippen molar-refractivity contribution in [3.05, 3.63) is 38.8 Å². The van der Waals surface area contributed by atoms with E-state index in [1.807, 2.05) is 0 Å². The average Bonchev–Trinajstić information content (AvgIpc) is 3.27. The third-order valence-corrected chi connectivity index (χ3v) is 6.37. The zero-order chi connectivity index (χ0) is 21.2. The van der Waals surface area contributed by atoms with Gasteiger partial charge in [0.05, 0.1) is 32.1 Å². The van der Waals surface area contributed by atoms with Crippen LogP contribution in [0, 0.1) is 6.92 Å². The molecule has 1 fully saturated rings. The van der Waals surface area contributed by atoms with Crippen molar-refractivity contribution in [2.45, 2.75) is 52.2 Å². The number of aryl methyl sites for hydroxylation is 1. The van der Waals surface area contributed by atoms with Crippen LogP contribution in [0.15, 0.2) is 22.0 Å². The molecule has 29 heavy (non-hydrogen) atoms. The molecule has 160 valence electrons. The maximum Gasteiger partial charge on any atom is 0.383 e. The third-order valence-electron chi connectivity index (χ3n) is 4.41. The number of nitrogens with zero attached hydrogens (tertiary/aromatic N) is 4. The van der Waals surface area contributed by atoms with E-state index in [0.717, 1.165) is 0 Å². The molecule has 3 heterocycles.